The molecule has 8 heteroatoms. The molecular formula is C6HClF5NO. The summed E-state index contributed by atoms with van der Waals surface area (Å²) in [5.41, 5.74) is 0. The molecule has 14 heavy (non-hydrogen) atoms. The van der Waals surface area contributed by atoms with Crippen molar-refractivity contribution in [2.75, 3.05) is 0 Å². The summed E-state index contributed by atoms with van der Waals surface area (Å²) in [5.74, 6) is -4.88. The van der Waals surface area contributed by atoms with Crippen LogP contribution in [0.25, 0.3) is 0 Å². The van der Waals surface area contributed by atoms with Crippen LogP contribution in [0.15, 0.2) is 6.20 Å². The maximum Gasteiger partial charge on any atom is 0.573 e. The summed E-state index contributed by atoms with van der Waals surface area (Å²) in [7, 11) is 0. The van der Waals surface area contributed by atoms with Crippen molar-refractivity contribution < 1.29 is 26.7 Å². The van der Waals surface area contributed by atoms with E-state index in [1.165, 1.54) is 0 Å². The van der Waals surface area contributed by atoms with E-state index in [1.807, 2.05) is 0 Å². The van der Waals surface area contributed by atoms with Gasteiger partial charge in [-0.2, -0.15) is 4.39 Å². The fraction of sp³-hybridized carbons (Fsp3) is 0.167. The van der Waals surface area contributed by atoms with E-state index in [9.17, 15) is 22.0 Å². The highest BCUT2D eigenvalue weighted by molar-refractivity contribution is 6.30. The molecule has 0 aromatic carbocycles. The van der Waals surface area contributed by atoms with Crippen molar-refractivity contribution in [3.8, 4) is 5.75 Å². The Kier molecular flexibility index (Phi) is 2.79. The average Bonchev–Trinajstić information content (AvgIpc) is 2.04. The first kappa shape index (κ1) is 11.0. The second-order valence-electron chi connectivity index (χ2n) is 2.09. The Bertz CT molecular complexity index is 353. The topological polar surface area (TPSA) is 22.1 Å². The molecule has 0 saturated carbocycles. The molecule has 0 N–H and O–H groups in total. The fourth-order valence-corrected chi connectivity index (χ4v) is 0.801. The molecule has 0 aliphatic carbocycles. The highest BCUT2D eigenvalue weighted by Crippen LogP contribution is 2.31. The average molecular weight is 234 g/mol. The third-order valence-corrected chi connectivity index (χ3v) is 1.37. The molecule has 2 nitrogen and oxygen atoms in total. The van der Waals surface area contributed by atoms with E-state index in [1.54, 1.807) is 0 Å². The summed E-state index contributed by atoms with van der Waals surface area (Å²) < 4.78 is 63.1. The quantitative estimate of drug-likeness (QED) is 0.550. The Morgan fingerprint density at radius 2 is 1.86 bits per heavy atom. The van der Waals surface area contributed by atoms with Gasteiger partial charge in [0.05, 0.1) is 6.20 Å². The molecule has 0 unspecified atom stereocenters. The lowest BCUT2D eigenvalue weighted by Gasteiger charge is -2.10. The molecule has 1 rings (SSSR count). The molecule has 1 aromatic rings. The van der Waals surface area contributed by atoms with Crippen LogP contribution in [0.2, 0.25) is 5.15 Å². The van der Waals surface area contributed by atoms with Gasteiger partial charge in [-0.05, 0) is 0 Å². The molecule has 1 aromatic heterocycles. The zero-order valence-corrected chi connectivity index (χ0v) is 6.96. The van der Waals surface area contributed by atoms with Gasteiger partial charge in [-0.3, -0.25) is 0 Å². The summed E-state index contributed by atoms with van der Waals surface area (Å²) in [6.07, 6.45) is -4.80. The van der Waals surface area contributed by atoms with Crippen LogP contribution in [0.3, 0.4) is 0 Å². The van der Waals surface area contributed by atoms with Crippen LogP contribution in [0.4, 0.5) is 22.0 Å². The van der Waals surface area contributed by atoms with E-state index in [0.717, 1.165) is 0 Å². The standard InChI is InChI=1S/C6HClF5NO/c7-5-4(14-6(10,11)12)3(9)2(8)1-13-5/h1H. The van der Waals surface area contributed by atoms with Gasteiger partial charge in [0.1, 0.15) is 0 Å². The van der Waals surface area contributed by atoms with Crippen molar-refractivity contribution in [1.29, 1.82) is 0 Å². The molecule has 0 radical (unpaired) electrons. The Morgan fingerprint density at radius 3 is 2.36 bits per heavy atom. The largest absolute Gasteiger partial charge is 0.573 e. The van der Waals surface area contributed by atoms with Crippen molar-refractivity contribution in [3.05, 3.63) is 23.0 Å². The number of hydrogen-bond donors (Lipinski definition) is 0. The van der Waals surface area contributed by atoms with Crippen LogP contribution in [0.5, 0.6) is 5.75 Å². The number of halogens is 6. The number of pyridine rings is 1. The third-order valence-electron chi connectivity index (χ3n) is 1.11. The first-order chi connectivity index (χ1) is 6.31. The smallest absolute Gasteiger partial charge is 0.399 e. The molecule has 0 bridgehead atoms. The number of ether oxygens (including phenoxy) is 1. The van der Waals surface area contributed by atoms with Crippen molar-refractivity contribution in [2.45, 2.75) is 6.36 Å². The van der Waals surface area contributed by atoms with Gasteiger partial charge in [0, 0.05) is 0 Å². The summed E-state index contributed by atoms with van der Waals surface area (Å²) >= 11 is 5.06. The highest BCUT2D eigenvalue weighted by Gasteiger charge is 2.34. The van der Waals surface area contributed by atoms with Gasteiger partial charge in [0.15, 0.2) is 11.0 Å². The van der Waals surface area contributed by atoms with Gasteiger partial charge in [0.2, 0.25) is 11.6 Å². The number of aromatic nitrogens is 1. The van der Waals surface area contributed by atoms with Gasteiger partial charge in [0.25, 0.3) is 0 Å². The maximum atomic E-state index is 12.7. The van der Waals surface area contributed by atoms with Crippen LogP contribution < -0.4 is 4.74 Å². The first-order valence-corrected chi connectivity index (χ1v) is 3.44. The van der Waals surface area contributed by atoms with E-state index in [2.05, 4.69) is 9.72 Å². The zero-order chi connectivity index (χ0) is 10.9. The summed E-state index contributed by atoms with van der Waals surface area (Å²) in [6.45, 7) is 0. The van der Waals surface area contributed by atoms with Gasteiger partial charge in [-0.1, -0.05) is 11.6 Å². The summed E-state index contributed by atoms with van der Waals surface area (Å²) in [5, 5.41) is -0.902. The molecule has 0 spiro atoms. The molecule has 0 fully saturated rings. The van der Waals surface area contributed by atoms with Crippen LogP contribution in [-0.2, 0) is 0 Å². The van der Waals surface area contributed by atoms with E-state index < -0.39 is 28.9 Å². The fourth-order valence-electron chi connectivity index (χ4n) is 0.630. The Balaban J connectivity index is 3.13. The molecule has 0 aliphatic rings. The first-order valence-electron chi connectivity index (χ1n) is 3.06. The van der Waals surface area contributed by atoms with Crippen LogP contribution in [0.1, 0.15) is 0 Å². The second kappa shape index (κ2) is 3.56. The molecule has 78 valence electrons. The second-order valence-corrected chi connectivity index (χ2v) is 2.45. The van der Waals surface area contributed by atoms with Crippen molar-refractivity contribution in [1.82, 2.24) is 4.98 Å². The number of hydrogen-bond acceptors (Lipinski definition) is 2. The van der Waals surface area contributed by atoms with Crippen molar-refractivity contribution >= 4 is 11.6 Å². The SMILES string of the molecule is Fc1cnc(Cl)c(OC(F)(F)F)c1F. The molecule has 0 amide bonds. The predicted molar refractivity (Wildman–Crippen MR) is 35.8 cm³/mol. The van der Waals surface area contributed by atoms with Crippen molar-refractivity contribution in [2.24, 2.45) is 0 Å². The van der Waals surface area contributed by atoms with Gasteiger partial charge < -0.3 is 4.74 Å². The van der Waals surface area contributed by atoms with E-state index in [-0.39, 0.29) is 0 Å². The number of nitrogens with zero attached hydrogens (tertiary/aromatic N) is 1. The highest BCUT2D eigenvalue weighted by atomic mass is 35.5. The van der Waals surface area contributed by atoms with Gasteiger partial charge in [-0.15, -0.1) is 13.2 Å². The van der Waals surface area contributed by atoms with Gasteiger partial charge in [-0.25, -0.2) is 9.37 Å². The molecule has 1 heterocycles. The maximum absolute atomic E-state index is 12.7. The number of rotatable bonds is 1. The Morgan fingerprint density at radius 1 is 1.29 bits per heavy atom. The lowest BCUT2D eigenvalue weighted by molar-refractivity contribution is -0.275. The number of alkyl halides is 3. The lowest BCUT2D eigenvalue weighted by atomic mass is 10.4. The monoisotopic (exact) mass is 233 g/mol. The molecule has 0 saturated heterocycles. The van der Waals surface area contributed by atoms with E-state index >= 15 is 0 Å². The van der Waals surface area contributed by atoms with E-state index in [4.69, 9.17) is 11.6 Å². The predicted octanol–water partition coefficient (Wildman–Crippen LogP) is 2.91. The van der Waals surface area contributed by atoms with Crippen LogP contribution in [0, 0.1) is 11.6 Å². The molecular weight excluding hydrogens is 233 g/mol. The minimum Gasteiger partial charge on any atom is -0.399 e. The van der Waals surface area contributed by atoms with Crippen LogP contribution in [-0.4, -0.2) is 11.3 Å². The molecule has 0 aliphatic heterocycles. The third kappa shape index (κ3) is 2.44. The molecule has 0 atom stereocenters. The normalized spacial score (nSPS) is 11.6. The summed E-state index contributed by atoms with van der Waals surface area (Å²) in [6, 6.07) is 0. The Labute approximate surface area is 79.3 Å². The lowest BCUT2D eigenvalue weighted by Crippen LogP contribution is -2.18. The van der Waals surface area contributed by atoms with Crippen LogP contribution >= 0.6 is 11.6 Å². The zero-order valence-electron chi connectivity index (χ0n) is 6.20. The minimum atomic E-state index is -5.15. The Hall–Kier alpha value is -1.11. The van der Waals surface area contributed by atoms with Gasteiger partial charge >= 0.3 is 6.36 Å². The minimum absolute atomic E-state index is 0.348. The van der Waals surface area contributed by atoms with Crippen molar-refractivity contribution in [3.63, 3.8) is 0 Å². The summed E-state index contributed by atoms with van der Waals surface area (Å²) in [4.78, 5) is 2.95. The van der Waals surface area contributed by atoms with E-state index in [0.29, 0.717) is 6.20 Å².